The summed E-state index contributed by atoms with van der Waals surface area (Å²) >= 11 is 7.79. The van der Waals surface area contributed by atoms with Gasteiger partial charge in [0.25, 0.3) is 0 Å². The quantitative estimate of drug-likeness (QED) is 0.753. The Bertz CT molecular complexity index is 297. The van der Waals surface area contributed by atoms with Gasteiger partial charge in [-0.05, 0) is 25.0 Å². The first-order valence-electron chi connectivity index (χ1n) is 5.13. The third kappa shape index (κ3) is 2.89. The van der Waals surface area contributed by atoms with Crippen LogP contribution in [0.15, 0.2) is 23.4 Å². The maximum atomic E-state index is 5.91. The van der Waals surface area contributed by atoms with Crippen LogP contribution in [0.2, 0.25) is 5.02 Å². The molecule has 0 saturated heterocycles. The van der Waals surface area contributed by atoms with E-state index in [0.717, 1.165) is 15.3 Å². The fourth-order valence-corrected chi connectivity index (χ4v) is 3.26. The van der Waals surface area contributed by atoms with Crippen LogP contribution in [0.1, 0.15) is 32.1 Å². The zero-order valence-corrected chi connectivity index (χ0v) is 9.65. The summed E-state index contributed by atoms with van der Waals surface area (Å²) in [5.41, 5.74) is 0. The second-order valence-corrected chi connectivity index (χ2v) is 5.45. The minimum Gasteiger partial charge on any atom is -0.250 e. The molecule has 0 spiro atoms. The van der Waals surface area contributed by atoms with E-state index < -0.39 is 0 Å². The lowest BCUT2D eigenvalue weighted by Crippen LogP contribution is -2.07. The Balaban J connectivity index is 1.95. The molecular weight excluding hydrogens is 214 g/mol. The Kier molecular flexibility index (Phi) is 3.71. The van der Waals surface area contributed by atoms with E-state index in [0.29, 0.717) is 0 Å². The van der Waals surface area contributed by atoms with Crippen LogP contribution < -0.4 is 0 Å². The van der Waals surface area contributed by atoms with Crippen LogP contribution in [0.4, 0.5) is 0 Å². The topological polar surface area (TPSA) is 12.9 Å². The Morgan fingerprint density at radius 2 is 2.07 bits per heavy atom. The van der Waals surface area contributed by atoms with Crippen LogP contribution in [0.3, 0.4) is 0 Å². The van der Waals surface area contributed by atoms with Gasteiger partial charge in [0.1, 0.15) is 0 Å². The molecule has 0 atom stereocenters. The van der Waals surface area contributed by atoms with Gasteiger partial charge in [-0.15, -0.1) is 11.8 Å². The summed E-state index contributed by atoms with van der Waals surface area (Å²) in [4.78, 5) is 4.31. The maximum absolute atomic E-state index is 5.91. The van der Waals surface area contributed by atoms with E-state index in [9.17, 15) is 0 Å². The van der Waals surface area contributed by atoms with Gasteiger partial charge in [0, 0.05) is 16.5 Å². The number of nitrogens with zero attached hydrogens (tertiary/aromatic N) is 1. The van der Waals surface area contributed by atoms with Gasteiger partial charge in [0.2, 0.25) is 0 Å². The molecule has 1 aromatic rings. The number of hydrogen-bond donors (Lipinski definition) is 0. The summed E-state index contributed by atoms with van der Waals surface area (Å²) in [5.74, 6) is 0. The molecule has 3 heteroatoms. The number of halogens is 1. The fraction of sp³-hybridized carbons (Fsp3) is 0.545. The summed E-state index contributed by atoms with van der Waals surface area (Å²) in [7, 11) is 0. The van der Waals surface area contributed by atoms with E-state index in [1.807, 2.05) is 23.9 Å². The molecule has 1 aliphatic rings. The first kappa shape index (κ1) is 10.3. The molecule has 0 unspecified atom stereocenters. The van der Waals surface area contributed by atoms with E-state index in [-0.39, 0.29) is 0 Å². The van der Waals surface area contributed by atoms with Crippen LogP contribution in [0.5, 0.6) is 0 Å². The molecule has 0 bridgehead atoms. The maximum Gasteiger partial charge on any atom is 0.0977 e. The highest BCUT2D eigenvalue weighted by atomic mass is 35.5. The summed E-state index contributed by atoms with van der Waals surface area (Å²) in [6.07, 6.45) is 8.60. The van der Waals surface area contributed by atoms with Crippen LogP contribution in [0.25, 0.3) is 0 Å². The monoisotopic (exact) mass is 227 g/mol. The van der Waals surface area contributed by atoms with Crippen LogP contribution in [-0.2, 0) is 0 Å². The Morgan fingerprint density at radius 3 is 2.79 bits per heavy atom. The lowest BCUT2D eigenvalue weighted by Gasteiger charge is -2.20. The number of hydrogen-bond acceptors (Lipinski definition) is 2. The van der Waals surface area contributed by atoms with Crippen molar-refractivity contribution in [2.75, 3.05) is 0 Å². The van der Waals surface area contributed by atoms with Crippen molar-refractivity contribution < 1.29 is 0 Å². The third-order valence-electron chi connectivity index (χ3n) is 2.54. The molecule has 0 radical (unpaired) electrons. The first-order chi connectivity index (χ1) is 6.84. The Labute approximate surface area is 94.3 Å². The molecule has 1 heterocycles. The summed E-state index contributed by atoms with van der Waals surface area (Å²) in [6.45, 7) is 0. The molecule has 2 rings (SSSR count). The van der Waals surface area contributed by atoms with Gasteiger partial charge in [-0.3, -0.25) is 0 Å². The highest BCUT2D eigenvalue weighted by Gasteiger charge is 2.14. The molecule has 76 valence electrons. The largest absolute Gasteiger partial charge is 0.250 e. The van der Waals surface area contributed by atoms with E-state index in [2.05, 4.69) is 4.98 Å². The van der Waals surface area contributed by atoms with Gasteiger partial charge in [0.05, 0.1) is 5.03 Å². The molecular formula is C11H14ClNS. The normalized spacial score (nSPS) is 18.4. The molecule has 1 nitrogen and oxygen atoms in total. The molecule has 1 fully saturated rings. The number of pyridine rings is 1. The van der Waals surface area contributed by atoms with Crippen molar-refractivity contribution in [3.05, 3.63) is 23.4 Å². The highest BCUT2D eigenvalue weighted by Crippen LogP contribution is 2.33. The first-order valence-corrected chi connectivity index (χ1v) is 6.38. The number of thioether (sulfide) groups is 1. The molecule has 0 N–H and O–H groups in total. The molecule has 0 aromatic carbocycles. The second-order valence-electron chi connectivity index (χ2n) is 3.69. The van der Waals surface area contributed by atoms with Gasteiger partial charge >= 0.3 is 0 Å². The predicted molar refractivity (Wildman–Crippen MR) is 62.0 cm³/mol. The Morgan fingerprint density at radius 1 is 1.29 bits per heavy atom. The van der Waals surface area contributed by atoms with Gasteiger partial charge in [0.15, 0.2) is 0 Å². The zero-order valence-electron chi connectivity index (χ0n) is 8.08. The minimum absolute atomic E-state index is 0.759. The molecule has 0 amide bonds. The number of aromatic nitrogens is 1. The van der Waals surface area contributed by atoms with E-state index in [4.69, 9.17) is 11.6 Å². The number of rotatable bonds is 2. The van der Waals surface area contributed by atoms with Crippen molar-refractivity contribution in [3.8, 4) is 0 Å². The molecule has 0 aliphatic heterocycles. The van der Waals surface area contributed by atoms with Gasteiger partial charge < -0.3 is 0 Å². The van der Waals surface area contributed by atoms with Gasteiger partial charge in [-0.2, -0.15) is 0 Å². The molecule has 1 aromatic heterocycles. The lowest BCUT2D eigenvalue weighted by atomic mass is 10.0. The minimum atomic E-state index is 0.759. The Hall–Kier alpha value is -0.210. The summed E-state index contributed by atoms with van der Waals surface area (Å²) < 4.78 is 0. The summed E-state index contributed by atoms with van der Waals surface area (Å²) in [5, 5.41) is 2.62. The van der Waals surface area contributed by atoms with Crippen LogP contribution >= 0.6 is 23.4 Å². The average Bonchev–Trinajstić information content (AvgIpc) is 2.19. The molecule has 14 heavy (non-hydrogen) atoms. The van der Waals surface area contributed by atoms with E-state index in [1.165, 1.54) is 32.1 Å². The lowest BCUT2D eigenvalue weighted by molar-refractivity contribution is 0.516. The van der Waals surface area contributed by atoms with Crippen LogP contribution in [-0.4, -0.2) is 10.2 Å². The fourth-order valence-electron chi connectivity index (χ4n) is 1.80. The van der Waals surface area contributed by atoms with E-state index in [1.54, 1.807) is 6.20 Å². The van der Waals surface area contributed by atoms with Crippen molar-refractivity contribution in [2.45, 2.75) is 42.4 Å². The van der Waals surface area contributed by atoms with Crippen molar-refractivity contribution in [1.29, 1.82) is 0 Å². The van der Waals surface area contributed by atoms with Crippen molar-refractivity contribution in [3.63, 3.8) is 0 Å². The van der Waals surface area contributed by atoms with Crippen molar-refractivity contribution in [2.24, 2.45) is 0 Å². The summed E-state index contributed by atoms with van der Waals surface area (Å²) in [6, 6.07) is 3.79. The average molecular weight is 228 g/mol. The highest BCUT2D eigenvalue weighted by molar-refractivity contribution is 7.99. The SMILES string of the molecule is Clc1ccnc(SC2CCCCC2)c1. The third-order valence-corrected chi connectivity index (χ3v) is 4.04. The van der Waals surface area contributed by atoms with Gasteiger partial charge in [-0.25, -0.2) is 4.98 Å². The standard InChI is InChI=1S/C11H14ClNS/c12-9-6-7-13-11(8-9)14-10-4-2-1-3-5-10/h6-8,10H,1-5H2. The van der Waals surface area contributed by atoms with Gasteiger partial charge in [-0.1, -0.05) is 30.9 Å². The van der Waals surface area contributed by atoms with Crippen LogP contribution in [0, 0.1) is 0 Å². The smallest absolute Gasteiger partial charge is 0.0977 e. The van der Waals surface area contributed by atoms with Crippen molar-refractivity contribution >= 4 is 23.4 Å². The second kappa shape index (κ2) is 5.04. The zero-order chi connectivity index (χ0) is 9.80. The molecule has 1 saturated carbocycles. The predicted octanol–water partition coefficient (Wildman–Crippen LogP) is 4.16. The van der Waals surface area contributed by atoms with E-state index >= 15 is 0 Å². The van der Waals surface area contributed by atoms with Crippen molar-refractivity contribution in [1.82, 2.24) is 4.98 Å². The molecule has 1 aliphatic carbocycles.